The summed E-state index contributed by atoms with van der Waals surface area (Å²) in [5.41, 5.74) is -0.486. The van der Waals surface area contributed by atoms with Gasteiger partial charge in [-0.3, -0.25) is 0 Å². The third-order valence-corrected chi connectivity index (χ3v) is 3.77. The Labute approximate surface area is 120 Å². The third-order valence-electron chi connectivity index (χ3n) is 2.66. The number of thiophene rings is 1. The molecule has 2 rings (SSSR count). The maximum atomic E-state index is 13.5. The average Bonchev–Trinajstić information content (AvgIpc) is 2.85. The van der Waals surface area contributed by atoms with E-state index >= 15 is 0 Å². The van der Waals surface area contributed by atoms with Crippen molar-refractivity contribution in [3.8, 4) is 0 Å². The van der Waals surface area contributed by atoms with Gasteiger partial charge in [0.2, 0.25) is 5.82 Å². The molecule has 0 aliphatic rings. The highest BCUT2D eigenvalue weighted by Gasteiger charge is 2.26. The fourth-order valence-electron chi connectivity index (χ4n) is 1.58. The van der Waals surface area contributed by atoms with E-state index in [1.54, 1.807) is 5.38 Å². The second kappa shape index (κ2) is 5.57. The van der Waals surface area contributed by atoms with E-state index in [1.807, 2.05) is 0 Å². The van der Waals surface area contributed by atoms with Gasteiger partial charge in [-0.1, -0.05) is 11.6 Å². The molecule has 1 unspecified atom stereocenters. The molecule has 1 N–H and O–H groups in total. The van der Waals surface area contributed by atoms with Crippen LogP contribution in [0.4, 0.5) is 27.6 Å². The first-order valence-corrected chi connectivity index (χ1v) is 6.60. The lowest BCUT2D eigenvalue weighted by atomic mass is 10.1. The highest BCUT2D eigenvalue weighted by Crippen LogP contribution is 2.32. The minimum atomic E-state index is -2.18. The fraction of sp³-hybridized carbons (Fsp3) is 0.167. The van der Waals surface area contributed by atoms with Crippen molar-refractivity contribution in [2.45, 2.75) is 13.0 Å². The van der Waals surface area contributed by atoms with Crippen molar-refractivity contribution in [3.05, 3.63) is 50.4 Å². The van der Waals surface area contributed by atoms with Crippen LogP contribution in [0, 0.1) is 29.1 Å². The molecule has 1 nitrogen and oxygen atoms in total. The third kappa shape index (κ3) is 2.60. The van der Waals surface area contributed by atoms with Crippen LogP contribution in [-0.4, -0.2) is 0 Å². The van der Waals surface area contributed by atoms with Gasteiger partial charge in [0, 0.05) is 6.04 Å². The number of rotatable bonds is 3. The first-order valence-electron chi connectivity index (χ1n) is 5.34. The number of benzene rings is 1. The Morgan fingerprint density at radius 2 is 1.50 bits per heavy atom. The van der Waals surface area contributed by atoms with Gasteiger partial charge < -0.3 is 5.32 Å². The van der Waals surface area contributed by atoms with Gasteiger partial charge in [0.1, 0.15) is 5.69 Å². The Kier molecular flexibility index (Phi) is 4.19. The number of hydrogen-bond acceptors (Lipinski definition) is 2. The van der Waals surface area contributed by atoms with E-state index in [2.05, 4.69) is 5.32 Å². The quantitative estimate of drug-likeness (QED) is 0.460. The summed E-state index contributed by atoms with van der Waals surface area (Å²) in [5.74, 6) is -9.94. The van der Waals surface area contributed by atoms with Gasteiger partial charge in [-0.25, -0.2) is 22.0 Å². The molecule has 0 aliphatic heterocycles. The van der Waals surface area contributed by atoms with E-state index in [9.17, 15) is 22.0 Å². The predicted molar refractivity (Wildman–Crippen MR) is 67.6 cm³/mol. The van der Waals surface area contributed by atoms with E-state index < -0.39 is 40.8 Å². The molecule has 0 amide bonds. The van der Waals surface area contributed by atoms with Crippen LogP contribution in [0.5, 0.6) is 0 Å². The van der Waals surface area contributed by atoms with Crippen molar-refractivity contribution in [1.82, 2.24) is 0 Å². The Bertz CT molecular complexity index is 629. The van der Waals surface area contributed by atoms with Crippen LogP contribution >= 0.6 is 22.9 Å². The number of anilines is 1. The van der Waals surface area contributed by atoms with E-state index in [4.69, 9.17) is 11.6 Å². The number of nitrogens with one attached hydrogen (secondary N) is 1. The molecule has 0 aliphatic carbocycles. The molecule has 1 aromatic carbocycles. The minimum Gasteiger partial charge on any atom is -0.374 e. The topological polar surface area (TPSA) is 12.0 Å². The molecular formula is C12H7ClF5NS. The Hall–Kier alpha value is -1.34. The summed E-state index contributed by atoms with van der Waals surface area (Å²) in [4.78, 5) is 0. The van der Waals surface area contributed by atoms with Crippen LogP contribution < -0.4 is 5.32 Å². The van der Waals surface area contributed by atoms with Crippen LogP contribution in [0.15, 0.2) is 11.4 Å². The second-order valence-corrected chi connectivity index (χ2v) is 5.54. The molecule has 2 aromatic rings. The molecule has 0 fully saturated rings. The molecule has 20 heavy (non-hydrogen) atoms. The number of halogens is 6. The Morgan fingerprint density at radius 1 is 1.00 bits per heavy atom. The zero-order chi connectivity index (χ0) is 15.0. The van der Waals surface area contributed by atoms with Crippen molar-refractivity contribution < 1.29 is 22.0 Å². The molecule has 1 aromatic heterocycles. The average molecular weight is 328 g/mol. The van der Waals surface area contributed by atoms with Gasteiger partial charge >= 0.3 is 0 Å². The van der Waals surface area contributed by atoms with Crippen molar-refractivity contribution in [1.29, 1.82) is 0 Å². The normalized spacial score (nSPS) is 12.6. The summed E-state index contributed by atoms with van der Waals surface area (Å²) in [6, 6.07) is 0.864. The van der Waals surface area contributed by atoms with Gasteiger partial charge in [-0.15, -0.1) is 11.3 Å². The van der Waals surface area contributed by atoms with Crippen LogP contribution in [-0.2, 0) is 0 Å². The molecule has 0 spiro atoms. The highest BCUT2D eigenvalue weighted by atomic mass is 35.5. The molecule has 0 bridgehead atoms. The summed E-state index contributed by atoms with van der Waals surface area (Å²) in [6.07, 6.45) is 0. The molecular weight excluding hydrogens is 321 g/mol. The maximum Gasteiger partial charge on any atom is 0.200 e. The van der Waals surface area contributed by atoms with Gasteiger partial charge in [-0.2, -0.15) is 0 Å². The van der Waals surface area contributed by atoms with Crippen LogP contribution in [0.3, 0.4) is 0 Å². The standard InChI is InChI=1S/C12H7ClF5NS/c1-4(5-2-6(13)20-3-5)19-12-10(17)8(15)7(14)9(16)11(12)18/h2-4,19H,1H3. The van der Waals surface area contributed by atoms with Gasteiger partial charge in [0.05, 0.1) is 4.34 Å². The predicted octanol–water partition coefficient (Wildman–Crippen LogP) is 5.27. The molecule has 0 saturated carbocycles. The SMILES string of the molecule is CC(Nc1c(F)c(F)c(F)c(F)c1F)c1csc(Cl)c1. The summed E-state index contributed by atoms with van der Waals surface area (Å²) in [6.45, 7) is 1.51. The summed E-state index contributed by atoms with van der Waals surface area (Å²) >= 11 is 6.90. The van der Waals surface area contributed by atoms with E-state index in [0.717, 1.165) is 0 Å². The first-order chi connectivity index (χ1) is 9.32. The zero-order valence-electron chi connectivity index (χ0n) is 9.91. The first kappa shape index (κ1) is 15.1. The summed E-state index contributed by atoms with van der Waals surface area (Å²) < 4.78 is 66.4. The Balaban J connectivity index is 2.39. The maximum absolute atomic E-state index is 13.5. The largest absolute Gasteiger partial charge is 0.374 e. The zero-order valence-corrected chi connectivity index (χ0v) is 11.5. The van der Waals surface area contributed by atoms with Crippen molar-refractivity contribution >= 4 is 28.6 Å². The van der Waals surface area contributed by atoms with Crippen molar-refractivity contribution in [2.24, 2.45) is 0 Å². The van der Waals surface area contributed by atoms with E-state index in [1.165, 1.54) is 24.3 Å². The molecule has 1 atom stereocenters. The smallest absolute Gasteiger partial charge is 0.200 e. The van der Waals surface area contributed by atoms with Crippen LogP contribution in [0.1, 0.15) is 18.5 Å². The summed E-state index contributed by atoms with van der Waals surface area (Å²) in [7, 11) is 0. The van der Waals surface area contributed by atoms with Gasteiger partial charge in [0.15, 0.2) is 23.3 Å². The Morgan fingerprint density at radius 3 is 1.95 bits per heavy atom. The molecule has 1 heterocycles. The lowest BCUT2D eigenvalue weighted by Crippen LogP contribution is -2.12. The molecule has 108 valence electrons. The highest BCUT2D eigenvalue weighted by molar-refractivity contribution is 7.14. The monoisotopic (exact) mass is 327 g/mol. The summed E-state index contributed by atoms with van der Waals surface area (Å²) in [5, 5.41) is 3.89. The molecule has 0 radical (unpaired) electrons. The minimum absolute atomic E-state index is 0.450. The van der Waals surface area contributed by atoms with Crippen molar-refractivity contribution in [3.63, 3.8) is 0 Å². The second-order valence-electron chi connectivity index (χ2n) is 4.00. The fourth-order valence-corrected chi connectivity index (χ4v) is 2.57. The van der Waals surface area contributed by atoms with Gasteiger partial charge in [-0.05, 0) is 23.9 Å². The van der Waals surface area contributed by atoms with Gasteiger partial charge in [0.25, 0.3) is 0 Å². The lowest BCUT2D eigenvalue weighted by Gasteiger charge is -2.16. The van der Waals surface area contributed by atoms with Crippen molar-refractivity contribution in [2.75, 3.05) is 5.32 Å². The molecule has 0 saturated heterocycles. The van der Waals surface area contributed by atoms with E-state index in [0.29, 0.717) is 9.90 Å². The van der Waals surface area contributed by atoms with Crippen LogP contribution in [0.25, 0.3) is 0 Å². The lowest BCUT2D eigenvalue weighted by molar-refractivity contribution is 0.381. The number of hydrogen-bond donors (Lipinski definition) is 1. The van der Waals surface area contributed by atoms with Crippen LogP contribution in [0.2, 0.25) is 4.34 Å². The molecule has 8 heteroatoms. The van der Waals surface area contributed by atoms with E-state index in [-0.39, 0.29) is 0 Å².